The number of hydrogen-bond acceptors (Lipinski definition) is 3. The van der Waals surface area contributed by atoms with Crippen molar-refractivity contribution in [1.29, 1.82) is 0 Å². The van der Waals surface area contributed by atoms with Crippen LogP contribution >= 0.6 is 23.2 Å². The Morgan fingerprint density at radius 1 is 0.818 bits per heavy atom. The standard InChI is InChI=1S/C27H20Cl2N2O2/c28-23-15-12-20(16-24(23)29)31-26(30-25-9-5-4-8-22(25)27(31)32)19-10-13-21(14-11-19)33-17-18-6-2-1-3-7-18/h1-16,26,30H,17H2/t26-/m0/s1. The lowest BCUT2D eigenvalue weighted by atomic mass is 10.0. The van der Waals surface area contributed by atoms with Crippen molar-refractivity contribution in [3.05, 3.63) is 124 Å². The number of carbonyl (C=O) groups is 1. The maximum atomic E-state index is 13.5. The molecule has 1 amide bonds. The third-order valence-corrected chi connectivity index (χ3v) is 6.29. The van der Waals surface area contributed by atoms with Crippen molar-refractivity contribution in [2.24, 2.45) is 0 Å². The molecule has 4 aromatic rings. The van der Waals surface area contributed by atoms with Crippen molar-refractivity contribution >= 4 is 40.5 Å². The van der Waals surface area contributed by atoms with Gasteiger partial charge in [-0.1, -0.05) is 77.8 Å². The maximum Gasteiger partial charge on any atom is 0.262 e. The molecule has 0 fully saturated rings. The highest BCUT2D eigenvalue weighted by Gasteiger charge is 2.34. The summed E-state index contributed by atoms with van der Waals surface area (Å²) in [6, 6.07) is 30.4. The van der Waals surface area contributed by atoms with E-state index < -0.39 is 6.17 Å². The first-order valence-corrected chi connectivity index (χ1v) is 11.3. The summed E-state index contributed by atoms with van der Waals surface area (Å²) in [6.07, 6.45) is -0.423. The molecule has 1 aliphatic rings. The van der Waals surface area contributed by atoms with Crippen LogP contribution in [0.5, 0.6) is 5.75 Å². The number of para-hydroxylation sites is 1. The van der Waals surface area contributed by atoms with E-state index in [9.17, 15) is 4.79 Å². The molecule has 6 heteroatoms. The van der Waals surface area contributed by atoms with Crippen LogP contribution in [-0.4, -0.2) is 5.91 Å². The van der Waals surface area contributed by atoms with Gasteiger partial charge in [-0.25, -0.2) is 0 Å². The smallest absolute Gasteiger partial charge is 0.262 e. The van der Waals surface area contributed by atoms with Gasteiger partial charge in [-0.05, 0) is 53.6 Å². The number of anilines is 2. The summed E-state index contributed by atoms with van der Waals surface area (Å²) in [6.45, 7) is 0.489. The molecule has 1 N–H and O–H groups in total. The molecule has 33 heavy (non-hydrogen) atoms. The predicted octanol–water partition coefficient (Wildman–Crippen LogP) is 7.34. The van der Waals surface area contributed by atoms with Gasteiger partial charge in [0.2, 0.25) is 0 Å². The second-order valence-electron chi connectivity index (χ2n) is 7.71. The van der Waals surface area contributed by atoms with Crippen LogP contribution in [0.2, 0.25) is 10.0 Å². The Morgan fingerprint density at radius 2 is 1.55 bits per heavy atom. The summed E-state index contributed by atoms with van der Waals surface area (Å²) >= 11 is 12.4. The number of fused-ring (bicyclic) bond motifs is 1. The molecule has 1 aliphatic heterocycles. The number of nitrogens with one attached hydrogen (secondary N) is 1. The Kier molecular flexibility index (Phi) is 5.95. The first-order valence-electron chi connectivity index (χ1n) is 10.5. The summed E-state index contributed by atoms with van der Waals surface area (Å²) < 4.78 is 5.92. The highest BCUT2D eigenvalue weighted by Crippen LogP contribution is 2.38. The summed E-state index contributed by atoms with van der Waals surface area (Å²) in [7, 11) is 0. The van der Waals surface area contributed by atoms with Gasteiger partial charge in [0.1, 0.15) is 18.5 Å². The second-order valence-corrected chi connectivity index (χ2v) is 8.52. The molecule has 0 radical (unpaired) electrons. The van der Waals surface area contributed by atoms with E-state index in [1.165, 1.54) is 0 Å². The lowest BCUT2D eigenvalue weighted by Crippen LogP contribution is -2.43. The van der Waals surface area contributed by atoms with Crippen LogP contribution in [0.4, 0.5) is 11.4 Å². The normalized spacial score (nSPS) is 15.0. The Morgan fingerprint density at radius 3 is 2.30 bits per heavy atom. The van der Waals surface area contributed by atoms with E-state index in [-0.39, 0.29) is 5.91 Å². The highest BCUT2D eigenvalue weighted by molar-refractivity contribution is 6.42. The summed E-state index contributed by atoms with van der Waals surface area (Å²) in [5, 5.41) is 4.32. The fourth-order valence-electron chi connectivity index (χ4n) is 3.88. The average Bonchev–Trinajstić information content (AvgIpc) is 2.85. The van der Waals surface area contributed by atoms with Crippen molar-refractivity contribution in [1.82, 2.24) is 0 Å². The second kappa shape index (κ2) is 9.18. The van der Waals surface area contributed by atoms with Crippen LogP contribution in [0.25, 0.3) is 0 Å². The van der Waals surface area contributed by atoms with E-state index in [0.717, 1.165) is 22.6 Å². The lowest BCUT2D eigenvalue weighted by Gasteiger charge is -2.38. The Labute approximate surface area is 202 Å². The zero-order chi connectivity index (χ0) is 22.8. The number of nitrogens with zero attached hydrogens (tertiary/aromatic N) is 1. The lowest BCUT2D eigenvalue weighted by molar-refractivity contribution is 0.0975. The van der Waals surface area contributed by atoms with Crippen molar-refractivity contribution in [2.45, 2.75) is 12.8 Å². The van der Waals surface area contributed by atoms with Gasteiger partial charge < -0.3 is 10.1 Å². The molecule has 0 bridgehead atoms. The van der Waals surface area contributed by atoms with E-state index in [4.69, 9.17) is 27.9 Å². The molecule has 5 rings (SSSR count). The Balaban J connectivity index is 1.46. The largest absolute Gasteiger partial charge is 0.489 e. The van der Waals surface area contributed by atoms with Crippen molar-refractivity contribution in [2.75, 3.05) is 10.2 Å². The molecule has 0 unspecified atom stereocenters. The monoisotopic (exact) mass is 474 g/mol. The predicted molar refractivity (Wildman–Crippen MR) is 133 cm³/mol. The fraction of sp³-hybridized carbons (Fsp3) is 0.0741. The fourth-order valence-corrected chi connectivity index (χ4v) is 4.17. The van der Waals surface area contributed by atoms with Crippen LogP contribution in [0.3, 0.4) is 0 Å². The van der Waals surface area contributed by atoms with Gasteiger partial charge in [0, 0.05) is 11.4 Å². The molecule has 0 spiro atoms. The molecule has 0 saturated carbocycles. The average molecular weight is 475 g/mol. The molecule has 164 valence electrons. The summed E-state index contributed by atoms with van der Waals surface area (Å²) in [5.41, 5.74) is 4.06. The number of rotatable bonds is 5. The van der Waals surface area contributed by atoms with E-state index in [0.29, 0.717) is 27.9 Å². The molecule has 0 saturated heterocycles. The number of benzene rings is 4. The number of ether oxygens (including phenoxy) is 1. The van der Waals surface area contributed by atoms with E-state index in [1.54, 1.807) is 23.1 Å². The minimum Gasteiger partial charge on any atom is -0.489 e. The van der Waals surface area contributed by atoms with E-state index in [1.807, 2.05) is 78.9 Å². The molecular formula is C27H20Cl2N2O2. The maximum absolute atomic E-state index is 13.5. The molecule has 1 heterocycles. The summed E-state index contributed by atoms with van der Waals surface area (Å²) in [4.78, 5) is 15.2. The van der Waals surface area contributed by atoms with Crippen molar-refractivity contribution in [3.63, 3.8) is 0 Å². The van der Waals surface area contributed by atoms with Gasteiger partial charge in [-0.3, -0.25) is 9.69 Å². The number of amides is 1. The van der Waals surface area contributed by atoms with Gasteiger partial charge in [-0.15, -0.1) is 0 Å². The van der Waals surface area contributed by atoms with Crippen LogP contribution in [0.1, 0.15) is 27.7 Å². The van der Waals surface area contributed by atoms with Crippen molar-refractivity contribution < 1.29 is 9.53 Å². The topological polar surface area (TPSA) is 41.6 Å². The molecule has 4 aromatic carbocycles. The first-order chi connectivity index (χ1) is 16.1. The molecular weight excluding hydrogens is 455 g/mol. The Hall–Kier alpha value is -3.47. The van der Waals surface area contributed by atoms with Crippen LogP contribution in [0.15, 0.2) is 97.1 Å². The van der Waals surface area contributed by atoms with Crippen LogP contribution in [0, 0.1) is 0 Å². The Bertz CT molecular complexity index is 1290. The molecule has 1 atom stereocenters. The SMILES string of the molecule is O=C1c2ccccc2N[C@H](c2ccc(OCc3ccccc3)cc2)N1c1ccc(Cl)c(Cl)c1. The minimum atomic E-state index is -0.423. The number of halogens is 2. The molecule has 4 nitrogen and oxygen atoms in total. The number of carbonyl (C=O) groups excluding carboxylic acids is 1. The van der Waals surface area contributed by atoms with E-state index >= 15 is 0 Å². The van der Waals surface area contributed by atoms with Gasteiger partial charge in [0.05, 0.1) is 15.6 Å². The van der Waals surface area contributed by atoms with Crippen LogP contribution < -0.4 is 15.0 Å². The van der Waals surface area contributed by atoms with Gasteiger partial charge in [-0.2, -0.15) is 0 Å². The molecule has 0 aromatic heterocycles. The van der Waals surface area contributed by atoms with Crippen LogP contribution in [-0.2, 0) is 6.61 Å². The van der Waals surface area contributed by atoms with Crippen molar-refractivity contribution in [3.8, 4) is 5.75 Å². The highest BCUT2D eigenvalue weighted by atomic mass is 35.5. The minimum absolute atomic E-state index is 0.114. The van der Waals surface area contributed by atoms with Gasteiger partial charge >= 0.3 is 0 Å². The third kappa shape index (κ3) is 4.40. The van der Waals surface area contributed by atoms with E-state index in [2.05, 4.69) is 5.32 Å². The van der Waals surface area contributed by atoms with Gasteiger partial charge in [0.25, 0.3) is 5.91 Å². The number of hydrogen-bond donors (Lipinski definition) is 1. The first kappa shape index (κ1) is 21.4. The molecule has 0 aliphatic carbocycles. The zero-order valence-corrected chi connectivity index (χ0v) is 19.1. The zero-order valence-electron chi connectivity index (χ0n) is 17.5. The quantitative estimate of drug-likeness (QED) is 0.328. The van der Waals surface area contributed by atoms with Gasteiger partial charge in [0.15, 0.2) is 0 Å². The summed E-state index contributed by atoms with van der Waals surface area (Å²) in [5.74, 6) is 0.642. The third-order valence-electron chi connectivity index (χ3n) is 5.55.